The number of carbonyl (C=O) groups is 3. The van der Waals surface area contributed by atoms with Crippen molar-refractivity contribution in [3.05, 3.63) is 34.6 Å². The minimum atomic E-state index is -0.468. The van der Waals surface area contributed by atoms with Crippen molar-refractivity contribution in [3.63, 3.8) is 0 Å². The molecule has 1 saturated carbocycles. The van der Waals surface area contributed by atoms with E-state index in [0.29, 0.717) is 36.5 Å². The Kier molecular flexibility index (Phi) is 7.75. The van der Waals surface area contributed by atoms with Crippen LogP contribution < -0.4 is 5.32 Å². The van der Waals surface area contributed by atoms with Crippen molar-refractivity contribution in [2.24, 2.45) is 5.92 Å². The molecule has 1 saturated heterocycles. The maximum absolute atomic E-state index is 14.1. The van der Waals surface area contributed by atoms with Gasteiger partial charge in [-0.15, -0.1) is 0 Å². The quantitative estimate of drug-likeness (QED) is 0.642. The number of ether oxygens (including phenoxy) is 1. The second kappa shape index (κ2) is 10.3. The average molecular weight is 454 g/mol. The molecule has 3 rings (SSSR count). The summed E-state index contributed by atoms with van der Waals surface area (Å²) in [6.45, 7) is 4.38. The van der Waals surface area contributed by atoms with E-state index in [2.05, 4.69) is 5.32 Å². The summed E-state index contributed by atoms with van der Waals surface area (Å²) in [4.78, 5) is 40.3. The molecule has 1 aromatic rings. The highest BCUT2D eigenvalue weighted by Gasteiger charge is 2.41. The zero-order valence-corrected chi connectivity index (χ0v) is 18.7. The number of urea groups is 1. The van der Waals surface area contributed by atoms with E-state index in [4.69, 9.17) is 16.3 Å². The number of amides is 3. The summed E-state index contributed by atoms with van der Waals surface area (Å²) in [7, 11) is 0. The molecular weight excluding hydrogens is 425 g/mol. The SMILES string of the molecule is CCC(=O)N1C[C@@H](COC(C)=O)C[C@@H](N(C(=O)NCc2ccc(Cl)cc2F)C2CC2)C1. The van der Waals surface area contributed by atoms with Crippen LogP contribution >= 0.6 is 11.6 Å². The first-order valence-electron chi connectivity index (χ1n) is 10.7. The Labute approximate surface area is 186 Å². The van der Waals surface area contributed by atoms with E-state index in [0.717, 1.165) is 12.8 Å². The van der Waals surface area contributed by atoms with Crippen LogP contribution in [0, 0.1) is 11.7 Å². The van der Waals surface area contributed by atoms with Crippen LogP contribution in [-0.4, -0.2) is 59.5 Å². The number of hydrogen-bond acceptors (Lipinski definition) is 4. The lowest BCUT2D eigenvalue weighted by molar-refractivity contribution is -0.144. The van der Waals surface area contributed by atoms with Crippen LogP contribution in [0.15, 0.2) is 18.2 Å². The molecule has 1 aliphatic heterocycles. The van der Waals surface area contributed by atoms with Crippen LogP contribution in [0.5, 0.6) is 0 Å². The molecule has 0 aromatic heterocycles. The largest absolute Gasteiger partial charge is 0.466 e. The van der Waals surface area contributed by atoms with Crippen molar-refractivity contribution in [3.8, 4) is 0 Å². The summed E-state index contributed by atoms with van der Waals surface area (Å²) >= 11 is 5.79. The van der Waals surface area contributed by atoms with E-state index in [9.17, 15) is 18.8 Å². The first-order valence-corrected chi connectivity index (χ1v) is 11.1. The highest BCUT2D eigenvalue weighted by Crippen LogP contribution is 2.33. The summed E-state index contributed by atoms with van der Waals surface area (Å²) in [5, 5.41) is 3.12. The number of nitrogens with one attached hydrogen (secondary N) is 1. The van der Waals surface area contributed by atoms with Crippen LogP contribution in [0.3, 0.4) is 0 Å². The fourth-order valence-electron chi connectivity index (χ4n) is 4.07. The number of carbonyl (C=O) groups excluding carboxylic acids is 3. The van der Waals surface area contributed by atoms with Gasteiger partial charge in [0.25, 0.3) is 0 Å². The number of nitrogens with zero attached hydrogens (tertiary/aromatic N) is 2. The van der Waals surface area contributed by atoms with Gasteiger partial charge in [-0.3, -0.25) is 9.59 Å². The van der Waals surface area contributed by atoms with E-state index in [1.165, 1.54) is 13.0 Å². The van der Waals surface area contributed by atoms with Crippen LogP contribution in [0.2, 0.25) is 5.02 Å². The third-order valence-corrected chi connectivity index (χ3v) is 5.94. The van der Waals surface area contributed by atoms with Crippen molar-refractivity contribution < 1.29 is 23.5 Å². The fraction of sp³-hybridized carbons (Fsp3) is 0.591. The molecule has 1 heterocycles. The highest BCUT2D eigenvalue weighted by atomic mass is 35.5. The Morgan fingerprint density at radius 2 is 2.00 bits per heavy atom. The Balaban J connectivity index is 1.70. The lowest BCUT2D eigenvalue weighted by atomic mass is 9.93. The van der Waals surface area contributed by atoms with Gasteiger partial charge in [0, 0.05) is 55.5 Å². The minimum absolute atomic E-state index is 0.0110. The Hall–Kier alpha value is -2.35. The van der Waals surface area contributed by atoms with E-state index in [-0.39, 0.29) is 49.1 Å². The number of halogens is 2. The zero-order valence-electron chi connectivity index (χ0n) is 17.9. The van der Waals surface area contributed by atoms with Crippen molar-refractivity contribution >= 4 is 29.5 Å². The molecule has 0 radical (unpaired) electrons. The third kappa shape index (κ3) is 6.32. The molecule has 0 bridgehead atoms. The molecule has 1 aromatic carbocycles. The molecule has 2 atom stereocenters. The molecule has 2 fully saturated rings. The Bertz CT molecular complexity index is 833. The van der Waals surface area contributed by atoms with Gasteiger partial charge in [0.05, 0.1) is 12.6 Å². The fourth-order valence-corrected chi connectivity index (χ4v) is 4.23. The van der Waals surface area contributed by atoms with Gasteiger partial charge in [0.15, 0.2) is 0 Å². The Morgan fingerprint density at radius 3 is 2.61 bits per heavy atom. The molecule has 0 unspecified atom stereocenters. The maximum atomic E-state index is 14.1. The van der Waals surface area contributed by atoms with Crippen LogP contribution in [0.25, 0.3) is 0 Å². The molecule has 0 spiro atoms. The lowest BCUT2D eigenvalue weighted by Crippen LogP contribution is -2.57. The molecule has 1 N–H and O–H groups in total. The van der Waals surface area contributed by atoms with Gasteiger partial charge < -0.3 is 19.9 Å². The van der Waals surface area contributed by atoms with Gasteiger partial charge in [-0.1, -0.05) is 24.6 Å². The van der Waals surface area contributed by atoms with Crippen LogP contribution in [0.4, 0.5) is 9.18 Å². The van der Waals surface area contributed by atoms with E-state index >= 15 is 0 Å². The van der Waals surface area contributed by atoms with Gasteiger partial charge in [-0.2, -0.15) is 0 Å². The zero-order chi connectivity index (χ0) is 22.5. The first-order chi connectivity index (χ1) is 14.8. The maximum Gasteiger partial charge on any atom is 0.318 e. The number of piperidine rings is 1. The molecule has 2 aliphatic rings. The summed E-state index contributed by atoms with van der Waals surface area (Å²) in [6, 6.07) is 3.99. The standard InChI is InChI=1S/C22H29ClFN3O4/c1-3-21(29)26-11-15(13-31-14(2)28)8-19(12-26)27(18-6-7-18)22(30)25-10-16-4-5-17(23)9-20(16)24/h4-5,9,15,18-19H,3,6-8,10-13H2,1-2H3,(H,25,30)/t15-,19+/m0/s1. The summed E-state index contributed by atoms with van der Waals surface area (Å²) in [5.74, 6) is -0.861. The van der Waals surface area contributed by atoms with Crippen molar-refractivity contribution in [2.75, 3.05) is 19.7 Å². The molecule has 7 nitrogen and oxygen atoms in total. The summed E-state index contributed by atoms with van der Waals surface area (Å²) < 4.78 is 19.3. The summed E-state index contributed by atoms with van der Waals surface area (Å²) in [5.41, 5.74) is 0.354. The smallest absolute Gasteiger partial charge is 0.318 e. The molecule has 31 heavy (non-hydrogen) atoms. The van der Waals surface area contributed by atoms with E-state index < -0.39 is 5.82 Å². The molecule has 9 heteroatoms. The third-order valence-electron chi connectivity index (χ3n) is 5.71. The monoisotopic (exact) mass is 453 g/mol. The van der Waals surface area contributed by atoms with Crippen molar-refractivity contribution in [2.45, 2.75) is 58.2 Å². The number of likely N-dealkylation sites (tertiary alicyclic amines) is 1. The van der Waals surface area contributed by atoms with Crippen LogP contribution in [-0.2, 0) is 20.9 Å². The van der Waals surface area contributed by atoms with E-state index in [1.54, 1.807) is 28.9 Å². The van der Waals surface area contributed by atoms with Gasteiger partial charge in [0.2, 0.25) is 5.91 Å². The predicted molar refractivity (Wildman–Crippen MR) is 114 cm³/mol. The van der Waals surface area contributed by atoms with Crippen molar-refractivity contribution in [1.82, 2.24) is 15.1 Å². The van der Waals surface area contributed by atoms with Gasteiger partial charge in [-0.05, 0) is 31.4 Å². The molecule has 3 amide bonds. The molecule has 1 aliphatic carbocycles. The van der Waals surface area contributed by atoms with Crippen LogP contribution in [0.1, 0.15) is 45.1 Å². The van der Waals surface area contributed by atoms with Crippen molar-refractivity contribution in [1.29, 1.82) is 0 Å². The van der Waals surface area contributed by atoms with Gasteiger partial charge in [0.1, 0.15) is 5.82 Å². The van der Waals surface area contributed by atoms with Gasteiger partial charge in [-0.25, -0.2) is 9.18 Å². The number of rotatable bonds is 7. The normalized spacial score (nSPS) is 20.8. The van der Waals surface area contributed by atoms with E-state index in [1.807, 2.05) is 0 Å². The number of benzene rings is 1. The minimum Gasteiger partial charge on any atom is -0.466 e. The average Bonchev–Trinajstić information content (AvgIpc) is 3.56. The second-order valence-electron chi connectivity index (χ2n) is 8.24. The molecule has 170 valence electrons. The Morgan fingerprint density at radius 1 is 1.26 bits per heavy atom. The number of esters is 1. The number of hydrogen-bond donors (Lipinski definition) is 1. The first kappa shape index (κ1) is 23.3. The second-order valence-corrected chi connectivity index (χ2v) is 8.68. The highest BCUT2D eigenvalue weighted by molar-refractivity contribution is 6.30. The predicted octanol–water partition coefficient (Wildman–Crippen LogP) is 3.34. The molecular formula is C22H29ClFN3O4. The summed E-state index contributed by atoms with van der Waals surface area (Å²) in [6.07, 6.45) is 2.81. The topological polar surface area (TPSA) is 79.0 Å². The van der Waals surface area contributed by atoms with Gasteiger partial charge >= 0.3 is 12.0 Å². The lowest BCUT2D eigenvalue weighted by Gasteiger charge is -2.42.